The summed E-state index contributed by atoms with van der Waals surface area (Å²) in [5.41, 5.74) is 4.04. The third-order valence-electron chi connectivity index (χ3n) is 6.53. The molecule has 2 heterocycles. The number of benzene rings is 2. The predicted molar refractivity (Wildman–Crippen MR) is 130 cm³/mol. The van der Waals surface area contributed by atoms with Crippen molar-refractivity contribution in [1.29, 1.82) is 0 Å². The summed E-state index contributed by atoms with van der Waals surface area (Å²) in [6, 6.07) is 20.3. The van der Waals surface area contributed by atoms with Crippen molar-refractivity contribution in [1.82, 2.24) is 20.4 Å². The number of carbonyl (C=O) groups excluding carboxylic acids is 2. The second-order valence-corrected chi connectivity index (χ2v) is 9.18. The number of likely N-dealkylation sites (tertiary alicyclic amines) is 1. The molecule has 6 heteroatoms. The Morgan fingerprint density at radius 3 is 2.55 bits per heavy atom. The van der Waals surface area contributed by atoms with E-state index in [4.69, 9.17) is 0 Å². The van der Waals surface area contributed by atoms with E-state index in [0.717, 1.165) is 22.4 Å². The van der Waals surface area contributed by atoms with Gasteiger partial charge in [-0.25, -0.2) is 0 Å². The molecule has 2 N–H and O–H groups in total. The van der Waals surface area contributed by atoms with Gasteiger partial charge in [0.2, 0.25) is 5.91 Å². The number of nitrogens with zero attached hydrogens (tertiary/aromatic N) is 2. The quantitative estimate of drug-likeness (QED) is 0.567. The molecule has 2 amide bonds. The summed E-state index contributed by atoms with van der Waals surface area (Å²) < 4.78 is 0. The van der Waals surface area contributed by atoms with E-state index in [9.17, 15) is 9.59 Å². The van der Waals surface area contributed by atoms with Crippen LogP contribution >= 0.6 is 0 Å². The van der Waals surface area contributed by atoms with Crippen LogP contribution in [0.15, 0.2) is 60.7 Å². The van der Waals surface area contributed by atoms with Gasteiger partial charge in [0, 0.05) is 25.3 Å². The highest BCUT2D eigenvalue weighted by Gasteiger charge is 2.46. The van der Waals surface area contributed by atoms with Crippen LogP contribution < -0.4 is 5.32 Å². The van der Waals surface area contributed by atoms with Gasteiger partial charge >= 0.3 is 0 Å². The van der Waals surface area contributed by atoms with E-state index in [1.807, 2.05) is 43.3 Å². The zero-order chi connectivity index (χ0) is 23.4. The van der Waals surface area contributed by atoms with Gasteiger partial charge in [0.25, 0.3) is 5.91 Å². The highest BCUT2D eigenvalue weighted by atomic mass is 16.2. The lowest BCUT2D eigenvalue weighted by Gasteiger charge is -2.29. The number of carbonyl (C=O) groups is 2. The van der Waals surface area contributed by atoms with Gasteiger partial charge in [-0.05, 0) is 48.4 Å². The van der Waals surface area contributed by atoms with Gasteiger partial charge in [-0.3, -0.25) is 14.7 Å². The van der Waals surface area contributed by atoms with Crippen molar-refractivity contribution in [3.63, 3.8) is 0 Å². The summed E-state index contributed by atoms with van der Waals surface area (Å²) in [5, 5.41) is 10.2. The number of aromatic nitrogens is 2. The van der Waals surface area contributed by atoms with Gasteiger partial charge < -0.3 is 10.2 Å². The van der Waals surface area contributed by atoms with Gasteiger partial charge in [0.1, 0.15) is 5.69 Å². The van der Waals surface area contributed by atoms with Crippen molar-refractivity contribution in [2.24, 2.45) is 5.41 Å². The molecule has 0 spiro atoms. The average Bonchev–Trinajstić information content (AvgIpc) is 3.49. The standard InChI is InChI=1S/C27H32N4O2/c1-4-28-26(33)27(17-21-12-8-9-13-22(21)20-10-6-5-7-11-20)14-15-31(18-27)25(32)24-16-23(19(2)3)29-30-24/h5-13,16,19H,4,14-15,17-18H2,1-3H3,(H,28,33)(H,29,30)/t27-/m0/s1. The zero-order valence-electron chi connectivity index (χ0n) is 19.6. The fourth-order valence-corrected chi connectivity index (χ4v) is 4.65. The van der Waals surface area contributed by atoms with Crippen LogP contribution in [0.1, 0.15) is 54.9 Å². The maximum atomic E-state index is 13.3. The number of aromatic amines is 1. The lowest BCUT2D eigenvalue weighted by molar-refractivity contribution is -0.130. The first-order valence-electron chi connectivity index (χ1n) is 11.7. The van der Waals surface area contributed by atoms with Crippen molar-refractivity contribution in [2.75, 3.05) is 19.6 Å². The summed E-state index contributed by atoms with van der Waals surface area (Å²) in [5.74, 6) is 0.148. The van der Waals surface area contributed by atoms with Crippen LogP contribution in [-0.2, 0) is 11.2 Å². The Hall–Kier alpha value is -3.41. The number of amides is 2. The summed E-state index contributed by atoms with van der Waals surface area (Å²) >= 11 is 0. The van der Waals surface area contributed by atoms with Gasteiger partial charge in [-0.2, -0.15) is 5.10 Å². The van der Waals surface area contributed by atoms with E-state index in [1.165, 1.54) is 0 Å². The monoisotopic (exact) mass is 444 g/mol. The van der Waals surface area contributed by atoms with Gasteiger partial charge in [-0.15, -0.1) is 0 Å². The molecule has 0 aliphatic carbocycles. The first-order chi connectivity index (χ1) is 15.9. The predicted octanol–water partition coefficient (Wildman–Crippen LogP) is 4.41. The Morgan fingerprint density at radius 2 is 1.85 bits per heavy atom. The molecule has 1 saturated heterocycles. The maximum absolute atomic E-state index is 13.3. The molecule has 0 saturated carbocycles. The molecule has 1 aromatic heterocycles. The van der Waals surface area contributed by atoms with E-state index in [1.54, 1.807) is 4.90 Å². The fraction of sp³-hybridized carbons (Fsp3) is 0.370. The van der Waals surface area contributed by atoms with Crippen molar-refractivity contribution in [3.8, 4) is 11.1 Å². The fourth-order valence-electron chi connectivity index (χ4n) is 4.65. The van der Waals surface area contributed by atoms with Gasteiger partial charge in [-0.1, -0.05) is 68.4 Å². The Kier molecular flexibility index (Phi) is 6.63. The Bertz CT molecular complexity index is 1120. The molecule has 1 aliphatic heterocycles. The molecule has 1 aliphatic rings. The molecule has 0 bridgehead atoms. The van der Waals surface area contributed by atoms with Crippen molar-refractivity contribution < 1.29 is 9.59 Å². The largest absolute Gasteiger partial charge is 0.356 e. The minimum Gasteiger partial charge on any atom is -0.356 e. The van der Waals surface area contributed by atoms with Crippen molar-refractivity contribution in [3.05, 3.63) is 77.6 Å². The van der Waals surface area contributed by atoms with Crippen LogP contribution in [0.3, 0.4) is 0 Å². The first-order valence-corrected chi connectivity index (χ1v) is 11.7. The first kappa shape index (κ1) is 22.8. The van der Waals surface area contributed by atoms with E-state index in [-0.39, 0.29) is 17.7 Å². The van der Waals surface area contributed by atoms with E-state index >= 15 is 0 Å². The van der Waals surface area contributed by atoms with Gasteiger partial charge in [0.15, 0.2) is 0 Å². The van der Waals surface area contributed by atoms with Crippen molar-refractivity contribution in [2.45, 2.75) is 39.5 Å². The molecule has 3 aromatic rings. The molecule has 33 heavy (non-hydrogen) atoms. The summed E-state index contributed by atoms with van der Waals surface area (Å²) in [6.45, 7) is 7.52. The smallest absolute Gasteiger partial charge is 0.274 e. The van der Waals surface area contributed by atoms with Crippen LogP contribution in [0.5, 0.6) is 0 Å². The summed E-state index contributed by atoms with van der Waals surface area (Å²) in [7, 11) is 0. The molecule has 0 unspecified atom stereocenters. The molecule has 0 radical (unpaired) electrons. The zero-order valence-corrected chi connectivity index (χ0v) is 19.6. The topological polar surface area (TPSA) is 78.1 Å². The summed E-state index contributed by atoms with van der Waals surface area (Å²) in [4.78, 5) is 28.3. The van der Waals surface area contributed by atoms with E-state index < -0.39 is 5.41 Å². The van der Waals surface area contributed by atoms with Crippen LogP contribution in [0.2, 0.25) is 0 Å². The number of rotatable bonds is 7. The molecule has 1 atom stereocenters. The van der Waals surface area contributed by atoms with Crippen molar-refractivity contribution >= 4 is 11.8 Å². The second kappa shape index (κ2) is 9.61. The molecule has 6 nitrogen and oxygen atoms in total. The highest BCUT2D eigenvalue weighted by Crippen LogP contribution is 2.38. The van der Waals surface area contributed by atoms with Crippen LogP contribution in [0.4, 0.5) is 0 Å². The maximum Gasteiger partial charge on any atom is 0.274 e. The number of nitrogens with one attached hydrogen (secondary N) is 2. The molecular formula is C27H32N4O2. The molecule has 172 valence electrons. The SMILES string of the molecule is CCNC(=O)[C@]1(Cc2ccccc2-c2ccccc2)CCN(C(=O)c2cc(C(C)C)[nH]n2)C1. The summed E-state index contributed by atoms with van der Waals surface area (Å²) in [6.07, 6.45) is 1.20. The van der Waals surface area contributed by atoms with E-state index in [0.29, 0.717) is 38.2 Å². The number of H-pyrrole nitrogens is 1. The molecule has 2 aromatic carbocycles. The van der Waals surface area contributed by atoms with E-state index in [2.05, 4.69) is 53.6 Å². The van der Waals surface area contributed by atoms with Crippen LogP contribution in [0, 0.1) is 5.41 Å². The Labute approximate surface area is 195 Å². The molecule has 1 fully saturated rings. The Balaban J connectivity index is 1.62. The van der Waals surface area contributed by atoms with Crippen LogP contribution in [-0.4, -0.2) is 46.5 Å². The lowest BCUT2D eigenvalue weighted by Crippen LogP contribution is -2.45. The highest BCUT2D eigenvalue weighted by molar-refractivity contribution is 5.94. The minimum absolute atomic E-state index is 0.00746. The number of hydrogen-bond donors (Lipinski definition) is 2. The third-order valence-corrected chi connectivity index (χ3v) is 6.53. The Morgan fingerprint density at radius 1 is 1.12 bits per heavy atom. The molecular weight excluding hydrogens is 412 g/mol. The third kappa shape index (κ3) is 4.70. The van der Waals surface area contributed by atoms with Gasteiger partial charge in [0.05, 0.1) is 5.41 Å². The van der Waals surface area contributed by atoms with Crippen LogP contribution in [0.25, 0.3) is 11.1 Å². The normalized spacial score (nSPS) is 18.0. The lowest BCUT2D eigenvalue weighted by atomic mass is 9.78. The minimum atomic E-state index is -0.673. The second-order valence-electron chi connectivity index (χ2n) is 9.18. The number of hydrogen-bond acceptors (Lipinski definition) is 3. The average molecular weight is 445 g/mol. The molecule has 4 rings (SSSR count).